The smallest absolute Gasteiger partial charge is 0.310 e. The predicted octanol–water partition coefficient (Wildman–Crippen LogP) is 2.86. The summed E-state index contributed by atoms with van der Waals surface area (Å²) in [6.07, 6.45) is 1.51. The van der Waals surface area contributed by atoms with Crippen molar-refractivity contribution >= 4 is 5.97 Å². The number of rotatable bonds is 6. The van der Waals surface area contributed by atoms with Gasteiger partial charge in [0, 0.05) is 6.61 Å². The van der Waals surface area contributed by atoms with Crippen LogP contribution in [0, 0.1) is 6.92 Å². The molecule has 0 unspecified atom stereocenters. The molecule has 4 nitrogen and oxygen atoms in total. The Kier molecular flexibility index (Phi) is 6.21. The average Bonchev–Trinajstić information content (AvgIpc) is 2.37. The molecule has 0 aliphatic carbocycles. The highest BCUT2D eigenvalue weighted by atomic mass is 16.5. The summed E-state index contributed by atoms with van der Waals surface area (Å²) in [5.41, 5.74) is 2.27. The first-order valence-corrected chi connectivity index (χ1v) is 7.35. The Morgan fingerprint density at radius 2 is 1.90 bits per heavy atom. The SMILES string of the molecule is Cc1cc(CC(=O)OCCCCO)cc(C(C)(C)C)c1O. The number of phenolic OH excluding ortho intramolecular Hbond substituents is 1. The van der Waals surface area contributed by atoms with Crippen molar-refractivity contribution in [2.45, 2.75) is 52.4 Å². The molecule has 0 heterocycles. The van der Waals surface area contributed by atoms with Crippen molar-refractivity contribution in [1.82, 2.24) is 0 Å². The van der Waals surface area contributed by atoms with Gasteiger partial charge in [-0.15, -0.1) is 0 Å². The number of hydrogen-bond acceptors (Lipinski definition) is 4. The van der Waals surface area contributed by atoms with Crippen molar-refractivity contribution in [2.75, 3.05) is 13.2 Å². The number of aliphatic hydroxyl groups excluding tert-OH is 1. The Bertz CT molecular complexity index is 486. The van der Waals surface area contributed by atoms with Gasteiger partial charge in [0.25, 0.3) is 0 Å². The Hall–Kier alpha value is -1.55. The van der Waals surface area contributed by atoms with Crippen molar-refractivity contribution in [1.29, 1.82) is 0 Å². The minimum atomic E-state index is -0.280. The summed E-state index contributed by atoms with van der Waals surface area (Å²) in [4.78, 5) is 11.8. The van der Waals surface area contributed by atoms with E-state index in [0.29, 0.717) is 25.2 Å². The van der Waals surface area contributed by atoms with Crippen molar-refractivity contribution < 1.29 is 19.7 Å². The summed E-state index contributed by atoms with van der Waals surface area (Å²) in [6, 6.07) is 3.69. The number of benzene rings is 1. The monoisotopic (exact) mass is 294 g/mol. The van der Waals surface area contributed by atoms with Gasteiger partial charge in [-0.25, -0.2) is 0 Å². The van der Waals surface area contributed by atoms with Gasteiger partial charge in [0.05, 0.1) is 13.0 Å². The lowest BCUT2D eigenvalue weighted by molar-refractivity contribution is -0.143. The van der Waals surface area contributed by atoms with Crippen LogP contribution >= 0.6 is 0 Å². The molecule has 4 heteroatoms. The van der Waals surface area contributed by atoms with Crippen LogP contribution in [0.2, 0.25) is 0 Å². The van der Waals surface area contributed by atoms with Crippen LogP contribution in [0.15, 0.2) is 12.1 Å². The summed E-state index contributed by atoms with van der Waals surface area (Å²) in [5.74, 6) is 0.0143. The van der Waals surface area contributed by atoms with Crippen LogP contribution in [-0.4, -0.2) is 29.4 Å². The molecular formula is C17H26O4. The number of phenols is 1. The molecule has 0 fully saturated rings. The van der Waals surface area contributed by atoms with E-state index < -0.39 is 0 Å². The maximum absolute atomic E-state index is 11.8. The highest BCUT2D eigenvalue weighted by molar-refractivity contribution is 5.73. The molecule has 1 rings (SSSR count). The van der Waals surface area contributed by atoms with Crippen LogP contribution in [0.1, 0.15) is 50.3 Å². The number of aromatic hydroxyl groups is 1. The van der Waals surface area contributed by atoms with Gasteiger partial charge in [0.15, 0.2) is 0 Å². The van der Waals surface area contributed by atoms with E-state index in [-0.39, 0.29) is 24.4 Å². The zero-order chi connectivity index (χ0) is 16.0. The lowest BCUT2D eigenvalue weighted by Gasteiger charge is -2.22. The van der Waals surface area contributed by atoms with E-state index in [0.717, 1.165) is 16.7 Å². The van der Waals surface area contributed by atoms with Crippen LogP contribution in [0.25, 0.3) is 0 Å². The Morgan fingerprint density at radius 1 is 1.24 bits per heavy atom. The molecule has 0 saturated carbocycles. The molecule has 1 aromatic rings. The molecule has 0 atom stereocenters. The van der Waals surface area contributed by atoms with Gasteiger partial charge < -0.3 is 14.9 Å². The number of carbonyl (C=O) groups excluding carboxylic acids is 1. The fourth-order valence-corrected chi connectivity index (χ4v) is 2.15. The first-order valence-electron chi connectivity index (χ1n) is 7.35. The van der Waals surface area contributed by atoms with Gasteiger partial charge in [0.2, 0.25) is 0 Å². The third-order valence-corrected chi connectivity index (χ3v) is 3.33. The molecule has 1 aromatic carbocycles. The number of hydrogen-bond donors (Lipinski definition) is 2. The third kappa shape index (κ3) is 5.38. The normalized spacial score (nSPS) is 11.5. The Morgan fingerprint density at radius 3 is 2.48 bits per heavy atom. The van der Waals surface area contributed by atoms with Crippen LogP contribution in [0.5, 0.6) is 5.75 Å². The highest BCUT2D eigenvalue weighted by Gasteiger charge is 2.20. The van der Waals surface area contributed by atoms with E-state index in [1.807, 2.05) is 39.8 Å². The standard InChI is InChI=1S/C17H26O4/c1-12-9-13(10-14(16(12)20)17(2,3)4)11-15(19)21-8-6-5-7-18/h9-10,18,20H,5-8,11H2,1-4H3. The van der Waals surface area contributed by atoms with E-state index in [4.69, 9.17) is 9.84 Å². The molecule has 21 heavy (non-hydrogen) atoms. The highest BCUT2D eigenvalue weighted by Crippen LogP contribution is 2.34. The molecule has 0 radical (unpaired) electrons. The Balaban J connectivity index is 2.76. The predicted molar refractivity (Wildman–Crippen MR) is 82.5 cm³/mol. The van der Waals surface area contributed by atoms with Crippen molar-refractivity contribution in [3.63, 3.8) is 0 Å². The third-order valence-electron chi connectivity index (χ3n) is 3.33. The summed E-state index contributed by atoms with van der Waals surface area (Å²) in [5, 5.41) is 18.8. The summed E-state index contributed by atoms with van der Waals surface area (Å²) >= 11 is 0. The molecule has 0 spiro atoms. The van der Waals surface area contributed by atoms with Crippen molar-refractivity contribution in [3.05, 3.63) is 28.8 Å². The quantitative estimate of drug-likeness (QED) is 0.625. The number of carbonyl (C=O) groups is 1. The molecular weight excluding hydrogens is 268 g/mol. The average molecular weight is 294 g/mol. The summed E-state index contributed by atoms with van der Waals surface area (Å²) < 4.78 is 5.13. The lowest BCUT2D eigenvalue weighted by atomic mass is 9.84. The van der Waals surface area contributed by atoms with E-state index >= 15 is 0 Å². The lowest BCUT2D eigenvalue weighted by Crippen LogP contribution is -2.14. The van der Waals surface area contributed by atoms with Crippen LogP contribution < -0.4 is 0 Å². The van der Waals surface area contributed by atoms with E-state index in [1.165, 1.54) is 0 Å². The number of aryl methyl sites for hydroxylation is 1. The first kappa shape index (κ1) is 17.5. The van der Waals surface area contributed by atoms with Gasteiger partial charge in [-0.05, 0) is 41.9 Å². The second-order valence-electron chi connectivity index (χ2n) is 6.39. The summed E-state index contributed by atoms with van der Waals surface area (Å²) in [7, 11) is 0. The Labute approximate surface area is 126 Å². The topological polar surface area (TPSA) is 66.8 Å². The molecule has 0 saturated heterocycles. The molecule has 118 valence electrons. The minimum Gasteiger partial charge on any atom is -0.507 e. The van der Waals surface area contributed by atoms with Gasteiger partial charge in [0.1, 0.15) is 5.75 Å². The molecule has 0 amide bonds. The maximum Gasteiger partial charge on any atom is 0.310 e. The van der Waals surface area contributed by atoms with Gasteiger partial charge in [-0.3, -0.25) is 4.79 Å². The first-order chi connectivity index (χ1) is 9.75. The molecule has 2 N–H and O–H groups in total. The minimum absolute atomic E-state index is 0.115. The molecule has 0 aliphatic heterocycles. The van der Waals surface area contributed by atoms with Crippen LogP contribution in [0.3, 0.4) is 0 Å². The zero-order valence-electron chi connectivity index (χ0n) is 13.4. The maximum atomic E-state index is 11.8. The van der Waals surface area contributed by atoms with Crippen LogP contribution in [0.4, 0.5) is 0 Å². The van der Waals surface area contributed by atoms with Gasteiger partial charge in [-0.1, -0.05) is 32.9 Å². The van der Waals surface area contributed by atoms with Crippen LogP contribution in [-0.2, 0) is 21.4 Å². The fourth-order valence-electron chi connectivity index (χ4n) is 2.15. The van der Waals surface area contributed by atoms with Crippen molar-refractivity contribution in [2.24, 2.45) is 0 Å². The molecule has 0 aliphatic rings. The van der Waals surface area contributed by atoms with Crippen molar-refractivity contribution in [3.8, 4) is 5.75 Å². The summed E-state index contributed by atoms with van der Waals surface area (Å²) in [6.45, 7) is 8.36. The van der Waals surface area contributed by atoms with Gasteiger partial charge in [-0.2, -0.15) is 0 Å². The number of esters is 1. The number of unbranched alkanes of at least 4 members (excludes halogenated alkanes) is 1. The van der Waals surface area contributed by atoms with E-state index in [2.05, 4.69) is 0 Å². The van der Waals surface area contributed by atoms with E-state index in [9.17, 15) is 9.90 Å². The molecule has 0 bridgehead atoms. The molecule has 0 aromatic heterocycles. The second-order valence-corrected chi connectivity index (χ2v) is 6.39. The fraction of sp³-hybridized carbons (Fsp3) is 0.588. The second kappa shape index (κ2) is 7.46. The number of aliphatic hydroxyl groups is 1. The van der Waals surface area contributed by atoms with Gasteiger partial charge >= 0.3 is 5.97 Å². The zero-order valence-corrected chi connectivity index (χ0v) is 13.4. The number of ether oxygens (including phenoxy) is 1. The largest absolute Gasteiger partial charge is 0.507 e. The van der Waals surface area contributed by atoms with E-state index in [1.54, 1.807) is 0 Å².